The van der Waals surface area contributed by atoms with E-state index in [2.05, 4.69) is 29.6 Å². The first-order chi connectivity index (χ1) is 14.5. The molecule has 1 fully saturated rings. The number of carbonyl (C=O) groups is 1. The topological polar surface area (TPSA) is 70.2 Å². The second-order valence-corrected chi connectivity index (χ2v) is 9.01. The summed E-state index contributed by atoms with van der Waals surface area (Å²) in [7, 11) is 4.10. The van der Waals surface area contributed by atoms with E-state index < -0.39 is 0 Å². The van der Waals surface area contributed by atoms with Gasteiger partial charge in [0.05, 0.1) is 5.69 Å². The maximum atomic E-state index is 12.5. The second kappa shape index (κ2) is 9.21. The molecule has 2 aromatic rings. The highest BCUT2D eigenvalue weighted by Crippen LogP contribution is 2.29. The molecule has 0 spiro atoms. The van der Waals surface area contributed by atoms with Crippen molar-refractivity contribution in [3.63, 3.8) is 0 Å². The molecule has 0 saturated heterocycles. The maximum Gasteiger partial charge on any atom is 0.251 e. The summed E-state index contributed by atoms with van der Waals surface area (Å²) in [6.07, 6.45) is 8.38. The number of aromatic nitrogens is 2. The van der Waals surface area contributed by atoms with Crippen molar-refractivity contribution >= 4 is 29.3 Å². The molecule has 4 rings (SSSR count). The van der Waals surface area contributed by atoms with Crippen LogP contribution in [0.3, 0.4) is 0 Å². The first-order valence-corrected chi connectivity index (χ1v) is 11.3. The largest absolute Gasteiger partial charge is 0.362 e. The van der Waals surface area contributed by atoms with Crippen LogP contribution >= 0.6 is 11.6 Å². The molecule has 0 aliphatic heterocycles. The molecule has 2 N–H and O–H groups in total. The van der Waals surface area contributed by atoms with Gasteiger partial charge in [-0.2, -0.15) is 4.98 Å². The number of hydrogen-bond donors (Lipinski definition) is 2. The predicted octanol–water partition coefficient (Wildman–Crippen LogP) is 4.23. The van der Waals surface area contributed by atoms with Crippen molar-refractivity contribution in [3.05, 3.63) is 46.1 Å². The van der Waals surface area contributed by atoms with Gasteiger partial charge >= 0.3 is 0 Å². The van der Waals surface area contributed by atoms with Gasteiger partial charge in [0.25, 0.3) is 5.91 Å². The molecule has 1 aromatic carbocycles. The van der Waals surface area contributed by atoms with Gasteiger partial charge in [-0.15, -0.1) is 0 Å². The van der Waals surface area contributed by atoms with E-state index in [0.29, 0.717) is 16.6 Å². The molecule has 1 saturated carbocycles. The highest BCUT2D eigenvalue weighted by Gasteiger charge is 2.25. The van der Waals surface area contributed by atoms with E-state index in [4.69, 9.17) is 21.6 Å². The molecule has 160 valence electrons. The smallest absolute Gasteiger partial charge is 0.251 e. The lowest BCUT2D eigenvalue weighted by atomic mass is 9.91. The minimum absolute atomic E-state index is 0.0532. The summed E-state index contributed by atoms with van der Waals surface area (Å²) in [5.74, 6) is 1.73. The SMILES string of the molecule is CN(C)c1nc(N[C@H]2CC[C@@H](NC(=O)c3cccc(Cl)c3)CC2)nc2c1CCCC2. The summed E-state index contributed by atoms with van der Waals surface area (Å²) < 4.78 is 0. The van der Waals surface area contributed by atoms with Gasteiger partial charge in [0.1, 0.15) is 5.82 Å². The molecule has 2 aliphatic carbocycles. The fourth-order valence-electron chi connectivity index (χ4n) is 4.47. The van der Waals surface area contributed by atoms with Crippen LogP contribution in [0.4, 0.5) is 11.8 Å². The second-order valence-electron chi connectivity index (χ2n) is 8.57. The molecular weight excluding hydrogens is 398 g/mol. The Hall–Kier alpha value is -2.34. The van der Waals surface area contributed by atoms with Gasteiger partial charge in [-0.1, -0.05) is 17.7 Å². The summed E-state index contributed by atoms with van der Waals surface area (Å²) in [6.45, 7) is 0. The van der Waals surface area contributed by atoms with Gasteiger partial charge in [0.2, 0.25) is 5.95 Å². The van der Waals surface area contributed by atoms with E-state index in [1.807, 2.05) is 0 Å². The standard InChI is InChI=1S/C23H30ClN5O/c1-29(2)21-19-8-3-4-9-20(19)27-23(28-21)26-18-12-10-17(11-13-18)25-22(30)15-6-5-7-16(24)14-15/h5-7,14,17-18H,3-4,8-13H2,1-2H3,(H,25,30)(H,26,27,28)/t17-,18+. The summed E-state index contributed by atoms with van der Waals surface area (Å²) in [5, 5.41) is 7.29. The van der Waals surface area contributed by atoms with E-state index in [0.717, 1.165) is 50.3 Å². The van der Waals surface area contributed by atoms with Crippen molar-refractivity contribution in [2.75, 3.05) is 24.3 Å². The highest BCUT2D eigenvalue weighted by atomic mass is 35.5. The van der Waals surface area contributed by atoms with E-state index in [1.165, 1.54) is 24.1 Å². The number of hydrogen-bond acceptors (Lipinski definition) is 5. The minimum atomic E-state index is -0.0532. The van der Waals surface area contributed by atoms with Gasteiger partial charge in [-0.3, -0.25) is 4.79 Å². The van der Waals surface area contributed by atoms with Crippen LogP contribution in [0.15, 0.2) is 24.3 Å². The summed E-state index contributed by atoms with van der Waals surface area (Å²) in [6, 6.07) is 7.61. The molecular formula is C23H30ClN5O. The van der Waals surface area contributed by atoms with Crippen LogP contribution < -0.4 is 15.5 Å². The van der Waals surface area contributed by atoms with Crippen LogP contribution in [0, 0.1) is 0 Å². The van der Waals surface area contributed by atoms with E-state index >= 15 is 0 Å². The first-order valence-electron chi connectivity index (χ1n) is 10.9. The van der Waals surface area contributed by atoms with Gasteiger partial charge in [-0.25, -0.2) is 4.98 Å². The van der Waals surface area contributed by atoms with Crippen LogP contribution in [-0.4, -0.2) is 42.1 Å². The van der Waals surface area contributed by atoms with Gasteiger partial charge in [-0.05, 0) is 69.6 Å². The molecule has 0 unspecified atom stereocenters. The zero-order valence-corrected chi connectivity index (χ0v) is 18.5. The Bertz CT molecular complexity index is 908. The average Bonchev–Trinajstić information content (AvgIpc) is 2.74. The van der Waals surface area contributed by atoms with Crippen LogP contribution in [0.25, 0.3) is 0 Å². The Kier molecular flexibility index (Phi) is 6.42. The number of anilines is 2. The van der Waals surface area contributed by atoms with Gasteiger partial charge in [0.15, 0.2) is 0 Å². The number of rotatable bonds is 5. The third-order valence-electron chi connectivity index (χ3n) is 6.07. The minimum Gasteiger partial charge on any atom is -0.362 e. The summed E-state index contributed by atoms with van der Waals surface area (Å²) >= 11 is 6.00. The quantitative estimate of drug-likeness (QED) is 0.747. The average molecular weight is 428 g/mol. The number of amides is 1. The number of halogens is 1. The van der Waals surface area contributed by atoms with Crippen molar-refractivity contribution in [1.82, 2.24) is 15.3 Å². The molecule has 1 amide bonds. The zero-order chi connectivity index (χ0) is 21.1. The molecule has 6 nitrogen and oxygen atoms in total. The van der Waals surface area contributed by atoms with Gasteiger partial charge in [0, 0.05) is 42.3 Å². The molecule has 1 aromatic heterocycles. The van der Waals surface area contributed by atoms with Crippen molar-refractivity contribution in [2.24, 2.45) is 0 Å². The molecule has 0 atom stereocenters. The lowest BCUT2D eigenvalue weighted by molar-refractivity contribution is 0.0926. The van der Waals surface area contributed by atoms with Crippen LogP contribution in [0.2, 0.25) is 5.02 Å². The molecule has 7 heteroatoms. The monoisotopic (exact) mass is 427 g/mol. The lowest BCUT2D eigenvalue weighted by Gasteiger charge is -2.30. The highest BCUT2D eigenvalue weighted by molar-refractivity contribution is 6.30. The Labute approximate surface area is 183 Å². The van der Waals surface area contributed by atoms with Gasteiger partial charge < -0.3 is 15.5 Å². The fraction of sp³-hybridized carbons (Fsp3) is 0.522. The summed E-state index contributed by atoms with van der Waals surface area (Å²) in [4.78, 5) is 24.2. The molecule has 1 heterocycles. The molecule has 0 radical (unpaired) electrons. The maximum absolute atomic E-state index is 12.5. The molecule has 2 aliphatic rings. The fourth-order valence-corrected chi connectivity index (χ4v) is 4.66. The van der Waals surface area contributed by atoms with E-state index in [1.54, 1.807) is 24.3 Å². The van der Waals surface area contributed by atoms with Crippen molar-refractivity contribution in [3.8, 4) is 0 Å². The number of aryl methyl sites for hydroxylation is 1. The Morgan fingerprint density at radius 2 is 1.80 bits per heavy atom. The van der Waals surface area contributed by atoms with Crippen molar-refractivity contribution < 1.29 is 4.79 Å². The first kappa shape index (κ1) is 20.9. The van der Waals surface area contributed by atoms with Crippen LogP contribution in [0.1, 0.15) is 60.1 Å². The van der Waals surface area contributed by atoms with Crippen molar-refractivity contribution in [2.45, 2.75) is 63.5 Å². The van der Waals surface area contributed by atoms with E-state index in [-0.39, 0.29) is 11.9 Å². The molecule has 0 bridgehead atoms. The number of fused-ring (bicyclic) bond motifs is 1. The number of carbonyl (C=O) groups excluding carboxylic acids is 1. The zero-order valence-electron chi connectivity index (χ0n) is 17.7. The number of nitrogens with zero attached hydrogens (tertiary/aromatic N) is 3. The molecule has 30 heavy (non-hydrogen) atoms. The van der Waals surface area contributed by atoms with Crippen LogP contribution in [0.5, 0.6) is 0 Å². The van der Waals surface area contributed by atoms with Crippen molar-refractivity contribution in [1.29, 1.82) is 0 Å². The Morgan fingerprint density at radius 1 is 1.07 bits per heavy atom. The lowest BCUT2D eigenvalue weighted by Crippen LogP contribution is -2.40. The summed E-state index contributed by atoms with van der Waals surface area (Å²) in [5.41, 5.74) is 3.12. The number of nitrogens with one attached hydrogen (secondary N) is 2. The van der Waals surface area contributed by atoms with Crippen LogP contribution in [-0.2, 0) is 12.8 Å². The Balaban J connectivity index is 1.35. The third kappa shape index (κ3) is 4.86. The Morgan fingerprint density at radius 3 is 2.53 bits per heavy atom. The predicted molar refractivity (Wildman–Crippen MR) is 122 cm³/mol. The third-order valence-corrected chi connectivity index (χ3v) is 6.30. The number of benzene rings is 1. The normalized spacial score (nSPS) is 20.9. The van der Waals surface area contributed by atoms with E-state index in [9.17, 15) is 4.79 Å².